The Morgan fingerprint density at radius 2 is 2.25 bits per heavy atom. The Morgan fingerprint density at radius 3 is 2.75 bits per heavy atom. The molecule has 0 saturated carbocycles. The van der Waals surface area contributed by atoms with Crippen LogP contribution in [0.1, 0.15) is 20.3 Å². The molecule has 1 unspecified atom stereocenters. The summed E-state index contributed by atoms with van der Waals surface area (Å²) in [6.45, 7) is 3.86. The van der Waals surface area contributed by atoms with Gasteiger partial charge in [-0.25, -0.2) is 0 Å². The van der Waals surface area contributed by atoms with Crippen molar-refractivity contribution in [3.8, 4) is 5.75 Å². The van der Waals surface area contributed by atoms with E-state index in [1.807, 2.05) is 13.8 Å². The van der Waals surface area contributed by atoms with E-state index in [2.05, 4.69) is 5.32 Å². The fraction of sp³-hybridized carbons (Fsp3) is 0.417. The summed E-state index contributed by atoms with van der Waals surface area (Å²) >= 11 is 0. The molecule has 0 radical (unpaired) electrons. The SMILES string of the molecule is CCC(C)C(=O)Nc1ccc(OC)cc1N. The highest BCUT2D eigenvalue weighted by Crippen LogP contribution is 2.24. The fourth-order valence-corrected chi connectivity index (χ4v) is 1.22. The lowest BCUT2D eigenvalue weighted by Gasteiger charge is -2.12. The summed E-state index contributed by atoms with van der Waals surface area (Å²) in [4.78, 5) is 11.7. The van der Waals surface area contributed by atoms with Gasteiger partial charge >= 0.3 is 0 Å². The van der Waals surface area contributed by atoms with Crippen molar-refractivity contribution in [3.05, 3.63) is 18.2 Å². The predicted molar refractivity (Wildman–Crippen MR) is 65.5 cm³/mol. The number of nitrogens with two attached hydrogens (primary N) is 1. The van der Waals surface area contributed by atoms with E-state index in [1.165, 1.54) is 0 Å². The van der Waals surface area contributed by atoms with Crippen LogP contribution in [-0.4, -0.2) is 13.0 Å². The minimum Gasteiger partial charge on any atom is -0.497 e. The number of rotatable bonds is 4. The van der Waals surface area contributed by atoms with E-state index in [0.717, 1.165) is 6.42 Å². The Balaban J connectivity index is 2.78. The first kappa shape index (κ1) is 12.4. The van der Waals surface area contributed by atoms with Gasteiger partial charge in [-0.1, -0.05) is 13.8 Å². The number of methoxy groups -OCH3 is 1. The van der Waals surface area contributed by atoms with E-state index in [4.69, 9.17) is 10.5 Å². The minimum absolute atomic E-state index is 0.0125. The van der Waals surface area contributed by atoms with E-state index in [9.17, 15) is 4.79 Å². The van der Waals surface area contributed by atoms with E-state index >= 15 is 0 Å². The first-order valence-corrected chi connectivity index (χ1v) is 5.32. The van der Waals surface area contributed by atoms with Crippen LogP contribution in [0.3, 0.4) is 0 Å². The van der Waals surface area contributed by atoms with Crippen molar-refractivity contribution in [3.63, 3.8) is 0 Å². The Bertz CT molecular complexity index is 377. The number of hydrogen-bond acceptors (Lipinski definition) is 3. The van der Waals surface area contributed by atoms with Crippen LogP contribution < -0.4 is 15.8 Å². The molecular weight excluding hydrogens is 204 g/mol. The number of nitrogens with one attached hydrogen (secondary N) is 1. The van der Waals surface area contributed by atoms with Crippen LogP contribution in [0.4, 0.5) is 11.4 Å². The van der Waals surface area contributed by atoms with Crippen LogP contribution in [0.2, 0.25) is 0 Å². The Morgan fingerprint density at radius 1 is 1.56 bits per heavy atom. The molecule has 0 heterocycles. The third kappa shape index (κ3) is 2.89. The second-order valence-electron chi connectivity index (χ2n) is 3.75. The summed E-state index contributed by atoms with van der Waals surface area (Å²) in [6.07, 6.45) is 0.807. The average Bonchev–Trinajstić information content (AvgIpc) is 2.30. The van der Waals surface area contributed by atoms with Crippen molar-refractivity contribution >= 4 is 17.3 Å². The topological polar surface area (TPSA) is 64.3 Å². The molecule has 0 saturated heterocycles. The fourth-order valence-electron chi connectivity index (χ4n) is 1.22. The number of amides is 1. The molecule has 1 amide bonds. The van der Waals surface area contributed by atoms with Gasteiger partial charge in [0.25, 0.3) is 0 Å². The molecule has 4 heteroatoms. The van der Waals surface area contributed by atoms with Crippen LogP contribution in [0, 0.1) is 5.92 Å². The van der Waals surface area contributed by atoms with E-state index in [-0.39, 0.29) is 11.8 Å². The van der Waals surface area contributed by atoms with Gasteiger partial charge in [0.1, 0.15) is 5.75 Å². The van der Waals surface area contributed by atoms with Crippen LogP contribution in [-0.2, 0) is 4.79 Å². The van der Waals surface area contributed by atoms with Crippen molar-refractivity contribution in [2.24, 2.45) is 5.92 Å². The zero-order chi connectivity index (χ0) is 12.1. The molecule has 1 rings (SSSR count). The Labute approximate surface area is 95.8 Å². The minimum atomic E-state index is -0.0145. The molecule has 1 aromatic rings. The lowest BCUT2D eigenvalue weighted by molar-refractivity contribution is -0.119. The van der Waals surface area contributed by atoms with Gasteiger partial charge in [-0.3, -0.25) is 4.79 Å². The average molecular weight is 222 g/mol. The summed E-state index contributed by atoms with van der Waals surface area (Å²) < 4.78 is 5.03. The van der Waals surface area contributed by atoms with Crippen molar-refractivity contribution in [2.45, 2.75) is 20.3 Å². The second kappa shape index (κ2) is 5.39. The monoisotopic (exact) mass is 222 g/mol. The summed E-state index contributed by atoms with van der Waals surface area (Å²) in [5.74, 6) is 0.653. The zero-order valence-electron chi connectivity index (χ0n) is 9.91. The third-order valence-electron chi connectivity index (χ3n) is 2.58. The largest absolute Gasteiger partial charge is 0.497 e. The number of hydrogen-bond donors (Lipinski definition) is 2. The molecule has 0 aromatic heterocycles. The number of nitrogen functional groups attached to an aromatic ring is 1. The van der Waals surface area contributed by atoms with Crippen molar-refractivity contribution in [1.82, 2.24) is 0 Å². The molecule has 0 spiro atoms. The van der Waals surface area contributed by atoms with Gasteiger partial charge in [0.15, 0.2) is 0 Å². The first-order valence-electron chi connectivity index (χ1n) is 5.32. The molecule has 1 atom stereocenters. The highest BCUT2D eigenvalue weighted by Gasteiger charge is 2.12. The second-order valence-corrected chi connectivity index (χ2v) is 3.75. The third-order valence-corrected chi connectivity index (χ3v) is 2.58. The molecule has 0 aliphatic carbocycles. The number of ether oxygens (including phenoxy) is 1. The molecule has 0 fully saturated rings. The van der Waals surface area contributed by atoms with Gasteiger partial charge in [-0.15, -0.1) is 0 Å². The lowest BCUT2D eigenvalue weighted by atomic mass is 10.1. The maximum atomic E-state index is 11.7. The van der Waals surface area contributed by atoms with Crippen molar-refractivity contribution in [1.29, 1.82) is 0 Å². The summed E-state index contributed by atoms with van der Waals surface area (Å²) in [6, 6.07) is 5.20. The normalized spacial score (nSPS) is 11.9. The number of anilines is 2. The first-order chi connectivity index (χ1) is 7.58. The van der Waals surface area contributed by atoms with E-state index < -0.39 is 0 Å². The van der Waals surface area contributed by atoms with Crippen molar-refractivity contribution < 1.29 is 9.53 Å². The molecule has 88 valence electrons. The van der Waals surface area contributed by atoms with Gasteiger partial charge < -0.3 is 15.8 Å². The van der Waals surface area contributed by atoms with Crippen LogP contribution in [0.5, 0.6) is 5.75 Å². The van der Waals surface area contributed by atoms with E-state index in [0.29, 0.717) is 17.1 Å². The summed E-state index contributed by atoms with van der Waals surface area (Å²) in [5.41, 5.74) is 6.93. The summed E-state index contributed by atoms with van der Waals surface area (Å²) in [7, 11) is 1.58. The Kier molecular flexibility index (Phi) is 4.17. The molecule has 1 aromatic carbocycles. The maximum Gasteiger partial charge on any atom is 0.227 e. The summed E-state index contributed by atoms with van der Waals surface area (Å²) in [5, 5.41) is 2.79. The molecule has 4 nitrogen and oxygen atoms in total. The Hall–Kier alpha value is -1.71. The number of carbonyl (C=O) groups excluding carboxylic acids is 1. The van der Waals surface area contributed by atoms with Crippen molar-refractivity contribution in [2.75, 3.05) is 18.2 Å². The molecular formula is C12H18N2O2. The highest BCUT2D eigenvalue weighted by molar-refractivity contribution is 5.95. The number of benzene rings is 1. The highest BCUT2D eigenvalue weighted by atomic mass is 16.5. The van der Waals surface area contributed by atoms with Gasteiger partial charge in [0.2, 0.25) is 5.91 Å². The quantitative estimate of drug-likeness (QED) is 0.768. The van der Waals surface area contributed by atoms with Gasteiger partial charge in [-0.2, -0.15) is 0 Å². The van der Waals surface area contributed by atoms with E-state index in [1.54, 1.807) is 25.3 Å². The maximum absolute atomic E-state index is 11.7. The zero-order valence-corrected chi connectivity index (χ0v) is 9.91. The smallest absolute Gasteiger partial charge is 0.227 e. The van der Waals surface area contributed by atoms with Gasteiger partial charge in [0.05, 0.1) is 18.5 Å². The molecule has 0 aliphatic heterocycles. The van der Waals surface area contributed by atoms with Gasteiger partial charge in [-0.05, 0) is 18.6 Å². The molecule has 0 aliphatic rings. The van der Waals surface area contributed by atoms with Gasteiger partial charge in [0, 0.05) is 12.0 Å². The number of carbonyl (C=O) groups is 1. The predicted octanol–water partition coefficient (Wildman–Crippen LogP) is 2.26. The van der Waals surface area contributed by atoms with Crippen LogP contribution >= 0.6 is 0 Å². The molecule has 0 bridgehead atoms. The standard InChI is InChI=1S/C12H18N2O2/c1-4-8(2)12(15)14-11-6-5-9(16-3)7-10(11)13/h5-8H,4,13H2,1-3H3,(H,14,15). The van der Waals surface area contributed by atoms with Crippen LogP contribution in [0.25, 0.3) is 0 Å². The lowest BCUT2D eigenvalue weighted by Crippen LogP contribution is -2.20. The molecule has 16 heavy (non-hydrogen) atoms. The van der Waals surface area contributed by atoms with Crippen LogP contribution in [0.15, 0.2) is 18.2 Å². The molecule has 3 N–H and O–H groups in total.